The lowest BCUT2D eigenvalue weighted by molar-refractivity contribution is 0.413. The molecule has 22 heavy (non-hydrogen) atoms. The highest BCUT2D eigenvalue weighted by Gasteiger charge is 2.15. The summed E-state index contributed by atoms with van der Waals surface area (Å²) in [6.07, 6.45) is 0. The largest absolute Gasteiger partial charge is 0.495 e. The zero-order valence-corrected chi connectivity index (χ0v) is 12.7. The number of nitriles is 1. The van der Waals surface area contributed by atoms with Crippen LogP contribution in [0.3, 0.4) is 0 Å². The summed E-state index contributed by atoms with van der Waals surface area (Å²) in [5.74, 6) is 0.640. The maximum absolute atomic E-state index is 9.08. The molecule has 112 valence electrons. The minimum Gasteiger partial charge on any atom is -0.495 e. The molecule has 3 rings (SSSR count). The van der Waals surface area contributed by atoms with Crippen LogP contribution in [0, 0.1) is 11.3 Å². The predicted molar refractivity (Wildman–Crippen MR) is 86.9 cm³/mol. The van der Waals surface area contributed by atoms with Gasteiger partial charge in [0.05, 0.1) is 12.7 Å². The van der Waals surface area contributed by atoms with Crippen LogP contribution in [-0.4, -0.2) is 20.2 Å². The van der Waals surface area contributed by atoms with Crippen molar-refractivity contribution in [2.24, 2.45) is 0 Å². The lowest BCUT2D eigenvalue weighted by Crippen LogP contribution is -2.28. The molecule has 1 N–H and O–H groups in total. The van der Waals surface area contributed by atoms with Crippen molar-refractivity contribution in [3.8, 4) is 11.8 Å². The van der Waals surface area contributed by atoms with Crippen LogP contribution >= 0.6 is 0 Å². The number of nitrogens with zero attached hydrogens (tertiary/aromatic N) is 2. The molecule has 0 saturated carbocycles. The Morgan fingerprint density at radius 2 is 2.14 bits per heavy atom. The van der Waals surface area contributed by atoms with Crippen molar-refractivity contribution in [2.75, 3.05) is 25.1 Å². The van der Waals surface area contributed by atoms with E-state index >= 15 is 0 Å². The molecule has 0 atom stereocenters. The zero-order valence-electron chi connectivity index (χ0n) is 12.7. The molecule has 0 fully saturated rings. The second kappa shape index (κ2) is 6.50. The Labute approximate surface area is 130 Å². The number of anilines is 1. The molecule has 4 heteroatoms. The summed E-state index contributed by atoms with van der Waals surface area (Å²) in [4.78, 5) is 2.37. The summed E-state index contributed by atoms with van der Waals surface area (Å²) in [7, 11) is 1.60. The van der Waals surface area contributed by atoms with Crippen LogP contribution in [0.2, 0.25) is 0 Å². The van der Waals surface area contributed by atoms with Gasteiger partial charge in [0, 0.05) is 31.9 Å². The maximum atomic E-state index is 9.08. The Bertz CT molecular complexity index is 706. The van der Waals surface area contributed by atoms with E-state index in [0.29, 0.717) is 11.3 Å². The van der Waals surface area contributed by atoms with E-state index in [2.05, 4.69) is 40.6 Å². The van der Waals surface area contributed by atoms with Crippen LogP contribution in [0.25, 0.3) is 0 Å². The van der Waals surface area contributed by atoms with E-state index in [1.807, 2.05) is 18.2 Å². The molecule has 0 radical (unpaired) electrons. The molecule has 2 aromatic rings. The SMILES string of the molecule is COc1cc(CN2CCNCc3ccccc32)ccc1C#N. The third-order valence-electron chi connectivity index (χ3n) is 3.97. The molecule has 0 aromatic heterocycles. The van der Waals surface area contributed by atoms with Crippen LogP contribution in [0.4, 0.5) is 5.69 Å². The summed E-state index contributed by atoms with van der Waals surface area (Å²) < 4.78 is 5.31. The van der Waals surface area contributed by atoms with Crippen LogP contribution < -0.4 is 15.0 Å². The lowest BCUT2D eigenvalue weighted by atomic mass is 10.1. The first-order valence-electron chi connectivity index (χ1n) is 7.42. The Kier molecular flexibility index (Phi) is 4.27. The van der Waals surface area contributed by atoms with E-state index in [4.69, 9.17) is 10.00 Å². The average Bonchev–Trinajstić information content (AvgIpc) is 2.77. The van der Waals surface area contributed by atoms with Gasteiger partial charge in [-0.15, -0.1) is 0 Å². The number of rotatable bonds is 3. The molecule has 0 unspecified atom stereocenters. The normalized spacial score (nSPS) is 13.9. The van der Waals surface area contributed by atoms with Crippen LogP contribution in [-0.2, 0) is 13.1 Å². The summed E-state index contributed by atoms with van der Waals surface area (Å²) in [6, 6.07) is 16.4. The van der Waals surface area contributed by atoms with Crippen molar-refractivity contribution in [3.63, 3.8) is 0 Å². The minimum absolute atomic E-state index is 0.573. The lowest BCUT2D eigenvalue weighted by Gasteiger charge is -2.25. The number of methoxy groups -OCH3 is 1. The van der Waals surface area contributed by atoms with Crippen LogP contribution in [0.5, 0.6) is 5.75 Å². The topological polar surface area (TPSA) is 48.3 Å². The van der Waals surface area contributed by atoms with E-state index in [1.165, 1.54) is 11.3 Å². The van der Waals surface area contributed by atoms with E-state index in [-0.39, 0.29) is 0 Å². The minimum atomic E-state index is 0.573. The summed E-state index contributed by atoms with van der Waals surface area (Å²) in [5.41, 5.74) is 4.31. The third-order valence-corrected chi connectivity index (χ3v) is 3.97. The monoisotopic (exact) mass is 293 g/mol. The number of hydrogen-bond acceptors (Lipinski definition) is 4. The fourth-order valence-corrected chi connectivity index (χ4v) is 2.84. The first kappa shape index (κ1) is 14.4. The fraction of sp³-hybridized carbons (Fsp3) is 0.278. The standard InChI is InChI=1S/C18H19N3O/c1-22-18-10-14(6-7-15(18)11-19)13-21-9-8-20-12-16-4-2-3-5-17(16)21/h2-7,10,20H,8-9,12-13H2,1H3. The molecule has 0 spiro atoms. The van der Waals surface area contributed by atoms with E-state index < -0.39 is 0 Å². The third kappa shape index (κ3) is 2.90. The predicted octanol–water partition coefficient (Wildman–Crippen LogP) is 2.68. The van der Waals surface area contributed by atoms with Crippen molar-refractivity contribution in [1.29, 1.82) is 5.26 Å². The van der Waals surface area contributed by atoms with E-state index in [0.717, 1.165) is 31.7 Å². The highest BCUT2D eigenvalue weighted by molar-refractivity contribution is 5.55. The molecule has 0 amide bonds. The summed E-state index contributed by atoms with van der Waals surface area (Å²) in [6.45, 7) is 3.63. The van der Waals surface area contributed by atoms with E-state index in [1.54, 1.807) is 7.11 Å². The molecular weight excluding hydrogens is 274 g/mol. The van der Waals surface area contributed by atoms with Gasteiger partial charge in [-0.3, -0.25) is 0 Å². The van der Waals surface area contributed by atoms with Crippen molar-refractivity contribution in [2.45, 2.75) is 13.1 Å². The van der Waals surface area contributed by atoms with Gasteiger partial charge < -0.3 is 15.0 Å². The van der Waals surface area contributed by atoms with Gasteiger partial charge in [0.15, 0.2) is 0 Å². The van der Waals surface area contributed by atoms with Gasteiger partial charge in [0.2, 0.25) is 0 Å². The molecule has 1 aliphatic rings. The highest BCUT2D eigenvalue weighted by atomic mass is 16.5. The first-order valence-corrected chi connectivity index (χ1v) is 7.42. The molecule has 0 saturated heterocycles. The van der Waals surface area contributed by atoms with Gasteiger partial charge in [0.25, 0.3) is 0 Å². The van der Waals surface area contributed by atoms with Gasteiger partial charge >= 0.3 is 0 Å². The number of ether oxygens (including phenoxy) is 1. The summed E-state index contributed by atoms with van der Waals surface area (Å²) in [5, 5.41) is 12.5. The van der Waals surface area contributed by atoms with Gasteiger partial charge in [-0.1, -0.05) is 24.3 Å². The second-order valence-electron chi connectivity index (χ2n) is 5.37. The smallest absolute Gasteiger partial charge is 0.136 e. The molecule has 0 bridgehead atoms. The van der Waals surface area contributed by atoms with Crippen LogP contribution in [0.15, 0.2) is 42.5 Å². The number of fused-ring (bicyclic) bond motifs is 1. The second-order valence-corrected chi connectivity index (χ2v) is 5.37. The molecular formula is C18H19N3O. The van der Waals surface area contributed by atoms with Crippen molar-refractivity contribution >= 4 is 5.69 Å². The van der Waals surface area contributed by atoms with Crippen molar-refractivity contribution in [3.05, 3.63) is 59.2 Å². The Morgan fingerprint density at radius 3 is 2.95 bits per heavy atom. The number of nitrogens with one attached hydrogen (secondary N) is 1. The first-order chi connectivity index (χ1) is 10.8. The van der Waals surface area contributed by atoms with Crippen molar-refractivity contribution < 1.29 is 4.74 Å². The average molecular weight is 293 g/mol. The molecule has 1 heterocycles. The number of para-hydroxylation sites is 1. The summed E-state index contributed by atoms with van der Waals surface area (Å²) >= 11 is 0. The van der Waals surface area contributed by atoms with Gasteiger partial charge in [-0.2, -0.15) is 5.26 Å². The number of benzene rings is 2. The fourth-order valence-electron chi connectivity index (χ4n) is 2.84. The maximum Gasteiger partial charge on any atom is 0.136 e. The Hall–Kier alpha value is -2.51. The number of hydrogen-bond donors (Lipinski definition) is 1. The molecule has 2 aromatic carbocycles. The molecule has 4 nitrogen and oxygen atoms in total. The quantitative estimate of drug-likeness (QED) is 0.945. The van der Waals surface area contributed by atoms with Crippen molar-refractivity contribution in [1.82, 2.24) is 5.32 Å². The van der Waals surface area contributed by atoms with Gasteiger partial charge in [0.1, 0.15) is 11.8 Å². The Morgan fingerprint density at radius 1 is 1.27 bits per heavy atom. The van der Waals surface area contributed by atoms with E-state index in [9.17, 15) is 0 Å². The van der Waals surface area contributed by atoms with Crippen LogP contribution in [0.1, 0.15) is 16.7 Å². The zero-order chi connectivity index (χ0) is 15.4. The molecule has 1 aliphatic heterocycles. The van der Waals surface area contributed by atoms with Gasteiger partial charge in [-0.05, 0) is 29.3 Å². The van der Waals surface area contributed by atoms with Gasteiger partial charge in [-0.25, -0.2) is 0 Å². The molecule has 0 aliphatic carbocycles. The Balaban J connectivity index is 1.88. The highest BCUT2D eigenvalue weighted by Crippen LogP contribution is 2.26.